The lowest BCUT2D eigenvalue weighted by Gasteiger charge is -2.07. The molecular formula is C25H18Cl2N4O3. The molecule has 0 aliphatic carbocycles. The SMILES string of the molecule is Cc1c(NC(=O)C(C#N)=Cc2ccc(-c3cccc(Cl)c3Cl)o2)c(=O)n(-c2ccccc2)n1C. The molecule has 0 saturated heterocycles. The Labute approximate surface area is 205 Å². The van der Waals surface area contributed by atoms with Crippen LogP contribution in [0.1, 0.15) is 11.5 Å². The van der Waals surface area contributed by atoms with Gasteiger partial charge < -0.3 is 9.73 Å². The van der Waals surface area contributed by atoms with Gasteiger partial charge in [-0.15, -0.1) is 0 Å². The van der Waals surface area contributed by atoms with Crippen LogP contribution in [0.25, 0.3) is 23.1 Å². The van der Waals surface area contributed by atoms with Crippen LogP contribution in [0.5, 0.6) is 0 Å². The molecule has 2 heterocycles. The monoisotopic (exact) mass is 492 g/mol. The zero-order valence-corrected chi connectivity index (χ0v) is 19.7. The van der Waals surface area contributed by atoms with E-state index in [4.69, 9.17) is 27.6 Å². The van der Waals surface area contributed by atoms with Gasteiger partial charge in [0.05, 0.1) is 21.4 Å². The molecule has 0 aliphatic rings. The van der Waals surface area contributed by atoms with Crippen molar-refractivity contribution in [2.24, 2.45) is 7.05 Å². The van der Waals surface area contributed by atoms with Crippen molar-refractivity contribution in [3.8, 4) is 23.1 Å². The number of anilines is 1. The van der Waals surface area contributed by atoms with Crippen LogP contribution in [0, 0.1) is 18.3 Å². The average Bonchev–Trinajstić information content (AvgIpc) is 3.38. The van der Waals surface area contributed by atoms with Gasteiger partial charge in [-0.1, -0.05) is 47.5 Å². The number of benzene rings is 2. The molecule has 4 rings (SSSR count). The number of halogens is 2. The highest BCUT2D eigenvalue weighted by Crippen LogP contribution is 2.34. The van der Waals surface area contributed by atoms with E-state index in [-0.39, 0.29) is 17.0 Å². The first-order valence-electron chi connectivity index (χ1n) is 10.1. The fourth-order valence-corrected chi connectivity index (χ4v) is 3.85. The molecule has 0 spiro atoms. The third-order valence-corrected chi connectivity index (χ3v) is 6.11. The number of hydrogen-bond donors (Lipinski definition) is 1. The summed E-state index contributed by atoms with van der Waals surface area (Å²) in [6.07, 6.45) is 1.30. The van der Waals surface area contributed by atoms with Crippen molar-refractivity contribution >= 4 is 40.9 Å². The van der Waals surface area contributed by atoms with Crippen LogP contribution in [-0.4, -0.2) is 15.3 Å². The molecule has 0 bridgehead atoms. The molecule has 0 unspecified atom stereocenters. The Morgan fingerprint density at radius 2 is 1.82 bits per heavy atom. The van der Waals surface area contributed by atoms with Gasteiger partial charge in [0.2, 0.25) is 0 Å². The predicted molar refractivity (Wildman–Crippen MR) is 132 cm³/mol. The molecule has 2 aromatic carbocycles. The molecule has 1 N–H and O–H groups in total. The Morgan fingerprint density at radius 1 is 1.09 bits per heavy atom. The lowest BCUT2D eigenvalue weighted by molar-refractivity contribution is -0.112. The molecule has 7 nitrogen and oxygen atoms in total. The van der Waals surface area contributed by atoms with Gasteiger partial charge in [-0.05, 0) is 43.3 Å². The predicted octanol–water partition coefficient (Wildman–Crippen LogP) is 5.60. The van der Waals surface area contributed by atoms with E-state index in [1.54, 1.807) is 61.1 Å². The summed E-state index contributed by atoms with van der Waals surface area (Å²) in [6.45, 7) is 1.71. The Kier molecular flexibility index (Phi) is 6.46. The number of para-hydroxylation sites is 1. The third kappa shape index (κ3) is 4.29. The van der Waals surface area contributed by atoms with Crippen molar-refractivity contribution in [2.45, 2.75) is 6.92 Å². The van der Waals surface area contributed by atoms with Gasteiger partial charge in [0.1, 0.15) is 28.9 Å². The number of nitrogens with one attached hydrogen (secondary N) is 1. The van der Waals surface area contributed by atoms with Crippen molar-refractivity contribution < 1.29 is 9.21 Å². The molecule has 1 amide bonds. The van der Waals surface area contributed by atoms with Crippen LogP contribution in [0.15, 0.2) is 75.4 Å². The van der Waals surface area contributed by atoms with Gasteiger partial charge >= 0.3 is 0 Å². The first kappa shape index (κ1) is 23.2. The molecule has 0 fully saturated rings. The smallest absolute Gasteiger partial charge is 0.295 e. The number of amides is 1. The van der Waals surface area contributed by atoms with Gasteiger partial charge in [-0.2, -0.15) is 5.26 Å². The minimum atomic E-state index is -0.729. The number of aromatic nitrogens is 2. The topological polar surface area (TPSA) is 93.0 Å². The minimum absolute atomic E-state index is 0.0864. The summed E-state index contributed by atoms with van der Waals surface area (Å²) in [6, 6.07) is 19.3. The highest BCUT2D eigenvalue weighted by molar-refractivity contribution is 6.43. The second kappa shape index (κ2) is 9.48. The van der Waals surface area contributed by atoms with Gasteiger partial charge in [-0.25, -0.2) is 4.68 Å². The first-order chi connectivity index (χ1) is 16.3. The highest BCUT2D eigenvalue weighted by Gasteiger charge is 2.20. The van der Waals surface area contributed by atoms with Crippen LogP contribution in [0.3, 0.4) is 0 Å². The molecule has 4 aromatic rings. The number of carbonyl (C=O) groups excluding carboxylic acids is 1. The van der Waals surface area contributed by atoms with Crippen LogP contribution >= 0.6 is 23.2 Å². The van der Waals surface area contributed by atoms with Crippen molar-refractivity contribution in [1.29, 1.82) is 5.26 Å². The van der Waals surface area contributed by atoms with E-state index >= 15 is 0 Å². The fourth-order valence-electron chi connectivity index (χ4n) is 3.45. The largest absolute Gasteiger partial charge is 0.457 e. The van der Waals surface area contributed by atoms with E-state index in [0.29, 0.717) is 32.8 Å². The second-order valence-corrected chi connectivity index (χ2v) is 8.15. The maximum absolute atomic E-state index is 13.0. The zero-order chi connectivity index (χ0) is 24.4. The molecule has 9 heteroatoms. The van der Waals surface area contributed by atoms with Gasteiger partial charge in [0.15, 0.2) is 0 Å². The quantitative estimate of drug-likeness (QED) is 0.290. The fraction of sp³-hybridized carbons (Fsp3) is 0.0800. The molecule has 0 atom stereocenters. The van der Waals surface area contributed by atoms with Crippen LogP contribution < -0.4 is 10.9 Å². The Balaban J connectivity index is 1.63. The molecule has 0 aliphatic heterocycles. The van der Waals surface area contributed by atoms with Crippen molar-refractivity contribution in [2.75, 3.05) is 5.32 Å². The van der Waals surface area contributed by atoms with Crippen molar-refractivity contribution in [1.82, 2.24) is 9.36 Å². The first-order valence-corrected chi connectivity index (χ1v) is 10.9. The Bertz CT molecular complexity index is 1520. The van der Waals surface area contributed by atoms with Gasteiger partial charge in [0.25, 0.3) is 11.5 Å². The van der Waals surface area contributed by atoms with Crippen molar-refractivity contribution in [3.63, 3.8) is 0 Å². The lowest BCUT2D eigenvalue weighted by Crippen LogP contribution is -2.23. The standard InChI is InChI=1S/C25H18Cl2N4O3/c1-15-23(25(33)31(30(15)2)17-7-4-3-5-8-17)29-24(32)16(14-28)13-18-11-12-21(34-18)19-9-6-10-20(26)22(19)27/h3-13H,1-2H3,(H,29,32). The number of furan rings is 1. The van der Waals surface area contributed by atoms with E-state index in [2.05, 4.69) is 5.32 Å². The maximum Gasteiger partial charge on any atom is 0.295 e. The number of nitrogens with zero attached hydrogens (tertiary/aromatic N) is 3. The minimum Gasteiger partial charge on any atom is -0.457 e. The summed E-state index contributed by atoms with van der Waals surface area (Å²) in [4.78, 5) is 25.9. The highest BCUT2D eigenvalue weighted by atomic mass is 35.5. The zero-order valence-electron chi connectivity index (χ0n) is 18.2. The van der Waals surface area contributed by atoms with Gasteiger partial charge in [0, 0.05) is 18.7 Å². The Hall–Kier alpha value is -3.99. The summed E-state index contributed by atoms with van der Waals surface area (Å²) in [5.74, 6) is -0.0300. The number of rotatable bonds is 5. The summed E-state index contributed by atoms with van der Waals surface area (Å²) >= 11 is 12.3. The van der Waals surface area contributed by atoms with Crippen molar-refractivity contribution in [3.05, 3.63) is 98.1 Å². The van der Waals surface area contributed by atoms with Gasteiger partial charge in [-0.3, -0.25) is 14.3 Å². The molecule has 34 heavy (non-hydrogen) atoms. The molecular weight excluding hydrogens is 475 g/mol. The summed E-state index contributed by atoms with van der Waals surface area (Å²) in [5.41, 5.74) is 1.22. The normalized spacial score (nSPS) is 11.3. The van der Waals surface area contributed by atoms with E-state index < -0.39 is 11.5 Å². The van der Waals surface area contributed by atoms with E-state index in [9.17, 15) is 14.9 Å². The lowest BCUT2D eigenvalue weighted by atomic mass is 10.2. The molecule has 170 valence electrons. The van der Waals surface area contributed by atoms with Crippen LogP contribution in [-0.2, 0) is 11.8 Å². The average molecular weight is 493 g/mol. The maximum atomic E-state index is 13.0. The summed E-state index contributed by atoms with van der Waals surface area (Å²) in [7, 11) is 1.71. The second-order valence-electron chi connectivity index (χ2n) is 7.36. The number of nitriles is 1. The number of hydrogen-bond acceptors (Lipinski definition) is 4. The molecule has 0 saturated carbocycles. The molecule has 2 aromatic heterocycles. The Morgan fingerprint density at radius 3 is 2.53 bits per heavy atom. The van der Waals surface area contributed by atoms with Crippen LogP contribution in [0.2, 0.25) is 10.0 Å². The third-order valence-electron chi connectivity index (χ3n) is 5.29. The number of carbonyl (C=O) groups is 1. The molecule has 0 radical (unpaired) electrons. The van der Waals surface area contributed by atoms with E-state index in [1.807, 2.05) is 24.3 Å². The van der Waals surface area contributed by atoms with Crippen LogP contribution in [0.4, 0.5) is 5.69 Å². The van der Waals surface area contributed by atoms with E-state index in [0.717, 1.165) is 0 Å². The van der Waals surface area contributed by atoms with E-state index in [1.165, 1.54) is 10.8 Å². The summed E-state index contributed by atoms with van der Waals surface area (Å²) in [5, 5.41) is 12.9. The summed E-state index contributed by atoms with van der Waals surface area (Å²) < 4.78 is 8.82.